The minimum atomic E-state index is -3.84. The highest BCUT2D eigenvalue weighted by atomic mass is 79.9. The third-order valence-electron chi connectivity index (χ3n) is 3.80. The summed E-state index contributed by atoms with van der Waals surface area (Å²) in [7, 11) is -3.84. The van der Waals surface area contributed by atoms with Gasteiger partial charge in [0.2, 0.25) is 0 Å². The number of carbonyl (C=O) groups is 1. The van der Waals surface area contributed by atoms with Crippen LogP contribution in [0.1, 0.15) is 32.1 Å². The van der Waals surface area contributed by atoms with Crippen molar-refractivity contribution < 1.29 is 18.3 Å². The van der Waals surface area contributed by atoms with Gasteiger partial charge in [-0.05, 0) is 43.0 Å². The maximum atomic E-state index is 12.6. The molecule has 1 atom stereocenters. The predicted octanol–water partition coefficient (Wildman–Crippen LogP) is 3.26. The van der Waals surface area contributed by atoms with Crippen LogP contribution >= 0.6 is 15.9 Å². The first-order valence-electron chi connectivity index (χ1n) is 6.65. The van der Waals surface area contributed by atoms with E-state index in [-0.39, 0.29) is 10.8 Å². The molecular weight excluding hydrogens is 344 g/mol. The van der Waals surface area contributed by atoms with E-state index in [0.29, 0.717) is 12.8 Å². The summed E-state index contributed by atoms with van der Waals surface area (Å²) in [6.45, 7) is 0. The molecule has 1 aromatic rings. The van der Waals surface area contributed by atoms with Gasteiger partial charge >= 0.3 is 5.97 Å². The first-order valence-corrected chi connectivity index (χ1v) is 8.99. The molecule has 0 aromatic heterocycles. The van der Waals surface area contributed by atoms with Gasteiger partial charge in [0.1, 0.15) is 0 Å². The van der Waals surface area contributed by atoms with E-state index in [1.807, 2.05) is 0 Å². The molecule has 1 fully saturated rings. The molecule has 6 heteroatoms. The van der Waals surface area contributed by atoms with Crippen LogP contribution in [0.25, 0.3) is 0 Å². The van der Waals surface area contributed by atoms with E-state index in [4.69, 9.17) is 0 Å². The summed E-state index contributed by atoms with van der Waals surface area (Å²) in [6, 6.07) is 6.15. The average Bonchev–Trinajstić information content (AvgIpc) is 2.39. The maximum Gasteiger partial charge on any atom is 0.322 e. The number of benzene rings is 1. The molecule has 0 spiro atoms. The molecule has 20 heavy (non-hydrogen) atoms. The van der Waals surface area contributed by atoms with Gasteiger partial charge in [0.05, 0.1) is 4.90 Å². The fourth-order valence-corrected chi connectivity index (χ4v) is 4.91. The Kier molecular flexibility index (Phi) is 4.86. The average molecular weight is 361 g/mol. The van der Waals surface area contributed by atoms with Crippen LogP contribution in [0, 0.1) is 5.92 Å². The highest BCUT2D eigenvalue weighted by molar-refractivity contribution is 9.10. The molecule has 1 aliphatic rings. The van der Waals surface area contributed by atoms with Gasteiger partial charge in [-0.15, -0.1) is 0 Å². The van der Waals surface area contributed by atoms with Gasteiger partial charge in [-0.25, -0.2) is 8.42 Å². The lowest BCUT2D eigenvalue weighted by Gasteiger charge is -2.27. The van der Waals surface area contributed by atoms with Crippen molar-refractivity contribution in [1.29, 1.82) is 0 Å². The van der Waals surface area contributed by atoms with Crippen LogP contribution < -0.4 is 0 Å². The zero-order valence-corrected chi connectivity index (χ0v) is 13.4. The number of hydrogen-bond donors (Lipinski definition) is 1. The Morgan fingerprint density at radius 3 is 2.20 bits per heavy atom. The van der Waals surface area contributed by atoms with E-state index in [1.54, 1.807) is 12.1 Å². The quantitative estimate of drug-likeness (QED) is 0.894. The zero-order valence-electron chi connectivity index (χ0n) is 11.0. The van der Waals surface area contributed by atoms with Crippen molar-refractivity contribution in [1.82, 2.24) is 0 Å². The van der Waals surface area contributed by atoms with Crippen molar-refractivity contribution in [3.63, 3.8) is 0 Å². The molecule has 1 saturated carbocycles. The van der Waals surface area contributed by atoms with Crippen molar-refractivity contribution >= 4 is 31.7 Å². The van der Waals surface area contributed by atoms with E-state index in [2.05, 4.69) is 15.9 Å². The van der Waals surface area contributed by atoms with Gasteiger partial charge in [0.15, 0.2) is 15.1 Å². The molecule has 0 aliphatic heterocycles. The Morgan fingerprint density at radius 1 is 1.15 bits per heavy atom. The van der Waals surface area contributed by atoms with Crippen LogP contribution in [0.5, 0.6) is 0 Å². The Balaban J connectivity index is 2.36. The van der Waals surface area contributed by atoms with Crippen LogP contribution in [-0.4, -0.2) is 24.7 Å². The predicted molar refractivity (Wildman–Crippen MR) is 79.3 cm³/mol. The SMILES string of the molecule is O=C(O)C(C1CCCCC1)S(=O)(=O)c1ccc(Br)cc1. The zero-order chi connectivity index (χ0) is 14.8. The number of halogens is 1. The van der Waals surface area contributed by atoms with E-state index in [1.165, 1.54) is 12.1 Å². The van der Waals surface area contributed by atoms with Crippen molar-refractivity contribution in [2.24, 2.45) is 5.92 Å². The summed E-state index contributed by atoms with van der Waals surface area (Å²) < 4.78 is 25.9. The smallest absolute Gasteiger partial charge is 0.322 e. The Bertz CT molecular complexity index is 574. The first kappa shape index (κ1) is 15.5. The fourth-order valence-electron chi connectivity index (χ4n) is 2.80. The maximum absolute atomic E-state index is 12.6. The fraction of sp³-hybridized carbons (Fsp3) is 0.500. The van der Waals surface area contributed by atoms with Gasteiger partial charge in [-0.2, -0.15) is 0 Å². The molecule has 1 unspecified atom stereocenters. The molecule has 0 amide bonds. The minimum Gasteiger partial charge on any atom is -0.480 e. The number of sulfone groups is 1. The highest BCUT2D eigenvalue weighted by Crippen LogP contribution is 2.33. The Labute approximate surface area is 127 Å². The van der Waals surface area contributed by atoms with E-state index in [9.17, 15) is 18.3 Å². The van der Waals surface area contributed by atoms with Crippen molar-refractivity contribution in [2.75, 3.05) is 0 Å². The summed E-state index contributed by atoms with van der Waals surface area (Å²) >= 11 is 3.24. The topological polar surface area (TPSA) is 71.4 Å². The first-order chi connectivity index (χ1) is 9.43. The third-order valence-corrected chi connectivity index (χ3v) is 6.51. The molecule has 0 saturated heterocycles. The summed E-state index contributed by atoms with van der Waals surface area (Å²) in [4.78, 5) is 11.6. The minimum absolute atomic E-state index is 0.0821. The number of aliphatic carboxylic acids is 1. The van der Waals surface area contributed by atoms with Gasteiger partial charge in [-0.1, -0.05) is 35.2 Å². The van der Waals surface area contributed by atoms with Crippen LogP contribution in [0.4, 0.5) is 0 Å². The second kappa shape index (κ2) is 6.26. The van der Waals surface area contributed by atoms with E-state index in [0.717, 1.165) is 23.7 Å². The molecule has 2 rings (SSSR count). The summed E-state index contributed by atoms with van der Waals surface area (Å²) in [5.41, 5.74) is 0. The van der Waals surface area contributed by atoms with Crippen LogP contribution in [0.2, 0.25) is 0 Å². The Hall–Kier alpha value is -0.880. The second-order valence-electron chi connectivity index (χ2n) is 5.16. The molecule has 0 heterocycles. The largest absolute Gasteiger partial charge is 0.480 e. The number of hydrogen-bond acceptors (Lipinski definition) is 3. The van der Waals surface area contributed by atoms with Gasteiger partial charge in [0.25, 0.3) is 0 Å². The lowest BCUT2D eigenvalue weighted by molar-refractivity contribution is -0.137. The molecule has 110 valence electrons. The van der Waals surface area contributed by atoms with Crippen LogP contribution in [-0.2, 0) is 14.6 Å². The van der Waals surface area contributed by atoms with Gasteiger partial charge in [0, 0.05) is 4.47 Å². The number of carboxylic acid groups (broad SMARTS) is 1. The van der Waals surface area contributed by atoms with E-state index >= 15 is 0 Å². The van der Waals surface area contributed by atoms with Crippen LogP contribution in [0.15, 0.2) is 33.6 Å². The van der Waals surface area contributed by atoms with Gasteiger partial charge < -0.3 is 5.11 Å². The second-order valence-corrected chi connectivity index (χ2v) is 8.14. The molecule has 4 nitrogen and oxygen atoms in total. The van der Waals surface area contributed by atoms with Crippen molar-refractivity contribution in [3.05, 3.63) is 28.7 Å². The van der Waals surface area contributed by atoms with Crippen molar-refractivity contribution in [3.8, 4) is 0 Å². The van der Waals surface area contributed by atoms with Gasteiger partial charge in [-0.3, -0.25) is 4.79 Å². The standard InChI is InChI=1S/C14H17BrO4S/c15-11-6-8-12(9-7-11)20(18,19)13(14(16)17)10-4-2-1-3-5-10/h6-10,13H,1-5H2,(H,16,17). The lowest BCUT2D eigenvalue weighted by Crippen LogP contribution is -2.38. The molecular formula is C14H17BrO4S. The molecule has 1 N–H and O–H groups in total. The number of carboxylic acids is 1. The molecule has 0 radical (unpaired) electrons. The summed E-state index contributed by atoms with van der Waals surface area (Å²) in [6.07, 6.45) is 4.22. The monoisotopic (exact) mass is 360 g/mol. The summed E-state index contributed by atoms with van der Waals surface area (Å²) in [5, 5.41) is 8.06. The number of rotatable bonds is 4. The normalized spacial score (nSPS) is 18.6. The molecule has 1 aromatic carbocycles. The molecule has 1 aliphatic carbocycles. The van der Waals surface area contributed by atoms with E-state index < -0.39 is 21.1 Å². The Morgan fingerprint density at radius 2 is 1.70 bits per heavy atom. The summed E-state index contributed by atoms with van der Waals surface area (Å²) in [5.74, 6) is -1.52. The van der Waals surface area contributed by atoms with Crippen LogP contribution in [0.3, 0.4) is 0 Å². The molecule has 0 bridgehead atoms. The van der Waals surface area contributed by atoms with Crippen molar-refractivity contribution in [2.45, 2.75) is 42.2 Å². The third kappa shape index (κ3) is 3.23. The highest BCUT2D eigenvalue weighted by Gasteiger charge is 2.40. The lowest BCUT2D eigenvalue weighted by atomic mass is 9.87.